The summed E-state index contributed by atoms with van der Waals surface area (Å²) in [4.78, 5) is 42.5. The van der Waals surface area contributed by atoms with Crippen LogP contribution in [0.4, 0.5) is 10.1 Å². The molecule has 1 aliphatic carbocycles. The summed E-state index contributed by atoms with van der Waals surface area (Å²) in [5.41, 5.74) is 0.787. The molecule has 1 saturated carbocycles. The number of likely N-dealkylation sites (tertiary alicyclic amines) is 2. The molecule has 1 aromatic heterocycles. The fraction of sp³-hybridized carbons (Fsp3) is 0.514. The predicted molar refractivity (Wildman–Crippen MR) is 180 cm³/mol. The lowest BCUT2D eigenvalue weighted by Crippen LogP contribution is -2.44. The third kappa shape index (κ3) is 7.65. The number of carbonyl (C=O) groups excluding carboxylic acids is 2. The van der Waals surface area contributed by atoms with E-state index in [2.05, 4.69) is 10.2 Å². The van der Waals surface area contributed by atoms with Crippen molar-refractivity contribution in [2.24, 2.45) is 5.92 Å². The van der Waals surface area contributed by atoms with Gasteiger partial charge in [-0.2, -0.15) is 0 Å². The highest BCUT2D eigenvalue weighted by molar-refractivity contribution is 7.17. The van der Waals surface area contributed by atoms with Crippen molar-refractivity contribution in [1.29, 1.82) is 0 Å². The van der Waals surface area contributed by atoms with Crippen LogP contribution in [0.15, 0.2) is 41.8 Å². The molecule has 3 heterocycles. The summed E-state index contributed by atoms with van der Waals surface area (Å²) in [6, 6.07) is 10.4. The SMILES string of the molecule is COC[C@H]1CCCN1[C@H]1C[C@@H](COC2CCC(C(=O)O)CC2)N(C(=O)Cc2cc(Cl)c(NC(=O)c3csc4ccccc34)cc2F)C1. The Hall–Kier alpha value is -3.09. The molecule has 47 heavy (non-hydrogen) atoms. The molecular formula is C35H41ClFN3O6S. The predicted octanol–water partition coefficient (Wildman–Crippen LogP) is 6.23. The van der Waals surface area contributed by atoms with Crippen LogP contribution in [-0.4, -0.2) is 90.3 Å². The summed E-state index contributed by atoms with van der Waals surface area (Å²) >= 11 is 7.99. The minimum atomic E-state index is -0.756. The highest BCUT2D eigenvalue weighted by Crippen LogP contribution is 2.33. The molecule has 9 nitrogen and oxygen atoms in total. The normalized spacial score (nSPS) is 25.0. The fourth-order valence-corrected chi connectivity index (χ4v) is 8.63. The van der Waals surface area contributed by atoms with Crippen LogP contribution in [0.25, 0.3) is 10.1 Å². The van der Waals surface area contributed by atoms with Gasteiger partial charge in [0.1, 0.15) is 5.82 Å². The molecule has 0 radical (unpaired) electrons. The van der Waals surface area contributed by atoms with Gasteiger partial charge in [-0.15, -0.1) is 11.3 Å². The first-order chi connectivity index (χ1) is 22.7. The lowest BCUT2D eigenvalue weighted by Gasteiger charge is -2.30. The number of carboxylic acid groups (broad SMARTS) is 1. The van der Waals surface area contributed by atoms with E-state index in [-0.39, 0.29) is 58.6 Å². The number of hydrogen-bond donors (Lipinski definition) is 2. The minimum absolute atomic E-state index is 0.0410. The van der Waals surface area contributed by atoms with Crippen molar-refractivity contribution in [2.45, 2.75) is 75.6 Å². The molecule has 12 heteroatoms. The number of fused-ring (bicyclic) bond motifs is 1. The van der Waals surface area contributed by atoms with Crippen LogP contribution in [0.2, 0.25) is 5.02 Å². The molecular weight excluding hydrogens is 645 g/mol. The van der Waals surface area contributed by atoms with Gasteiger partial charge in [-0.1, -0.05) is 29.8 Å². The summed E-state index contributed by atoms with van der Waals surface area (Å²) in [6.07, 6.45) is 5.16. The van der Waals surface area contributed by atoms with Crippen LogP contribution in [0.5, 0.6) is 0 Å². The van der Waals surface area contributed by atoms with E-state index in [1.807, 2.05) is 29.2 Å². The monoisotopic (exact) mass is 685 g/mol. The summed E-state index contributed by atoms with van der Waals surface area (Å²) in [7, 11) is 1.71. The highest BCUT2D eigenvalue weighted by Gasteiger charge is 2.42. The first-order valence-electron chi connectivity index (χ1n) is 16.4. The summed E-state index contributed by atoms with van der Waals surface area (Å²) in [5, 5.41) is 14.8. The second-order valence-electron chi connectivity index (χ2n) is 12.9. The number of ether oxygens (including phenoxy) is 2. The van der Waals surface area contributed by atoms with Crippen molar-refractivity contribution in [3.8, 4) is 0 Å². The van der Waals surface area contributed by atoms with Gasteiger partial charge >= 0.3 is 5.97 Å². The molecule has 2 amide bonds. The zero-order valence-electron chi connectivity index (χ0n) is 26.5. The van der Waals surface area contributed by atoms with E-state index < -0.39 is 11.8 Å². The molecule has 2 N–H and O–H groups in total. The van der Waals surface area contributed by atoms with Crippen molar-refractivity contribution in [3.63, 3.8) is 0 Å². The third-order valence-corrected chi connectivity index (χ3v) is 11.2. The van der Waals surface area contributed by atoms with Crippen LogP contribution in [-0.2, 0) is 25.5 Å². The van der Waals surface area contributed by atoms with Crippen LogP contribution < -0.4 is 5.32 Å². The number of carboxylic acids is 1. The Morgan fingerprint density at radius 1 is 1.09 bits per heavy atom. The zero-order valence-corrected chi connectivity index (χ0v) is 28.0. The van der Waals surface area contributed by atoms with Crippen LogP contribution in [0, 0.1) is 11.7 Å². The van der Waals surface area contributed by atoms with Crippen molar-refractivity contribution in [1.82, 2.24) is 9.80 Å². The van der Waals surface area contributed by atoms with E-state index in [1.165, 1.54) is 23.5 Å². The van der Waals surface area contributed by atoms with Gasteiger partial charge in [-0.3, -0.25) is 19.3 Å². The van der Waals surface area contributed by atoms with Gasteiger partial charge in [0.25, 0.3) is 5.91 Å². The van der Waals surface area contributed by atoms with E-state index >= 15 is 4.39 Å². The summed E-state index contributed by atoms with van der Waals surface area (Å²) < 4.78 is 28.2. The van der Waals surface area contributed by atoms with Gasteiger partial charge in [0.2, 0.25) is 5.91 Å². The number of rotatable bonds is 11. The molecule has 2 saturated heterocycles. The Morgan fingerprint density at radius 2 is 1.87 bits per heavy atom. The second kappa shape index (κ2) is 15.0. The molecule has 0 unspecified atom stereocenters. The molecule has 252 valence electrons. The zero-order chi connectivity index (χ0) is 33.1. The first kappa shape index (κ1) is 33.8. The number of halogens is 2. The van der Waals surface area contributed by atoms with E-state index in [0.29, 0.717) is 57.0 Å². The Morgan fingerprint density at radius 3 is 2.64 bits per heavy atom. The van der Waals surface area contributed by atoms with Crippen molar-refractivity contribution in [3.05, 3.63) is 63.7 Å². The van der Waals surface area contributed by atoms with Gasteiger partial charge in [0.05, 0.1) is 54.0 Å². The number of benzene rings is 2. The van der Waals surface area contributed by atoms with E-state index in [4.69, 9.17) is 21.1 Å². The van der Waals surface area contributed by atoms with Crippen LogP contribution in [0.1, 0.15) is 60.9 Å². The summed E-state index contributed by atoms with van der Waals surface area (Å²) in [6.45, 7) is 2.43. The number of methoxy groups -OCH3 is 1. The number of thiophene rings is 1. The third-order valence-electron chi connectivity index (χ3n) is 9.96. The molecule has 0 bridgehead atoms. The Labute approximate surface area is 283 Å². The number of hydrogen-bond acceptors (Lipinski definition) is 7. The number of anilines is 1. The Kier molecular flexibility index (Phi) is 10.8. The molecule has 6 rings (SSSR count). The number of nitrogens with one attached hydrogen (secondary N) is 1. The smallest absolute Gasteiger partial charge is 0.306 e. The van der Waals surface area contributed by atoms with E-state index in [1.54, 1.807) is 12.5 Å². The van der Waals surface area contributed by atoms with Crippen molar-refractivity contribution < 1.29 is 33.4 Å². The number of nitrogens with zero attached hydrogens (tertiary/aromatic N) is 2. The van der Waals surface area contributed by atoms with Crippen molar-refractivity contribution in [2.75, 3.05) is 38.7 Å². The Balaban J connectivity index is 1.14. The topological polar surface area (TPSA) is 108 Å². The highest BCUT2D eigenvalue weighted by atomic mass is 35.5. The van der Waals surface area contributed by atoms with E-state index in [0.717, 1.165) is 35.9 Å². The van der Waals surface area contributed by atoms with Gasteiger partial charge in [0.15, 0.2) is 0 Å². The molecule has 0 spiro atoms. The maximum absolute atomic E-state index is 15.5. The van der Waals surface area contributed by atoms with Gasteiger partial charge in [-0.05, 0) is 75.3 Å². The number of amides is 2. The standard InChI is InChI=1S/C35H41ClFN3O6S/c1-45-18-23-5-4-12-39(23)24-15-25(19-46-26-10-8-21(9-11-26)35(43)44)40(17-24)33(41)14-22-13-29(36)31(16-30(22)37)38-34(42)28-20-47-32-7-3-2-6-27(28)32/h2-3,6-7,13,16,20-21,23-26H,4-5,8-12,14-15,17-19H2,1H3,(H,38,42)(H,43,44)/t21?,23-,24+,25+,26?/m1/s1. The quantitative estimate of drug-likeness (QED) is 0.247. The average molecular weight is 686 g/mol. The largest absolute Gasteiger partial charge is 0.481 e. The fourth-order valence-electron chi connectivity index (χ4n) is 7.46. The van der Waals surface area contributed by atoms with Crippen LogP contribution >= 0.6 is 22.9 Å². The van der Waals surface area contributed by atoms with Crippen molar-refractivity contribution >= 4 is 56.5 Å². The van der Waals surface area contributed by atoms with Gasteiger partial charge < -0.3 is 24.8 Å². The number of aliphatic carboxylic acids is 1. The van der Waals surface area contributed by atoms with E-state index in [9.17, 15) is 19.5 Å². The molecule has 3 aliphatic rings. The molecule has 3 atom stereocenters. The number of carbonyl (C=O) groups is 3. The summed E-state index contributed by atoms with van der Waals surface area (Å²) in [5.74, 6) is -2.30. The minimum Gasteiger partial charge on any atom is -0.481 e. The van der Waals surface area contributed by atoms with Gasteiger partial charge in [-0.25, -0.2) is 4.39 Å². The molecule has 3 aromatic rings. The molecule has 2 aromatic carbocycles. The Bertz CT molecular complexity index is 1610. The molecule has 3 fully saturated rings. The maximum Gasteiger partial charge on any atom is 0.306 e. The average Bonchev–Trinajstić information content (AvgIpc) is 3.81. The van der Waals surface area contributed by atoms with Crippen LogP contribution in [0.3, 0.4) is 0 Å². The van der Waals surface area contributed by atoms with Gasteiger partial charge in [0, 0.05) is 41.2 Å². The lowest BCUT2D eigenvalue weighted by atomic mass is 9.87. The second-order valence-corrected chi connectivity index (χ2v) is 14.2. The lowest BCUT2D eigenvalue weighted by molar-refractivity contribution is -0.144. The molecule has 2 aliphatic heterocycles. The maximum atomic E-state index is 15.5. The first-order valence-corrected chi connectivity index (χ1v) is 17.6.